The van der Waals surface area contributed by atoms with Crippen LogP contribution in [-0.2, 0) is 17.8 Å². The summed E-state index contributed by atoms with van der Waals surface area (Å²) in [5.74, 6) is -1.11. The highest BCUT2D eigenvalue weighted by atomic mass is 19.1. The van der Waals surface area contributed by atoms with Crippen molar-refractivity contribution in [2.45, 2.75) is 13.0 Å². The molecule has 0 aliphatic carbocycles. The van der Waals surface area contributed by atoms with E-state index in [0.29, 0.717) is 5.56 Å². The Labute approximate surface area is 95.7 Å². The molecule has 0 spiro atoms. The van der Waals surface area contributed by atoms with Gasteiger partial charge < -0.3 is 5.11 Å². The smallest absolute Gasteiger partial charge is 0.327 e. The molecule has 1 N–H and O–H groups in total. The number of hydrogen-bond donors (Lipinski definition) is 1. The highest BCUT2D eigenvalue weighted by Gasteiger charge is 2.09. The second-order valence-corrected chi connectivity index (χ2v) is 3.40. The van der Waals surface area contributed by atoms with Gasteiger partial charge in [-0.3, -0.25) is 4.79 Å². The summed E-state index contributed by atoms with van der Waals surface area (Å²) in [6.45, 7) is -0.357. The fourth-order valence-electron chi connectivity index (χ4n) is 1.35. The average Bonchev–Trinajstić information content (AvgIpc) is 2.68. The summed E-state index contributed by atoms with van der Waals surface area (Å²) in [6, 6.07) is 6.26. The van der Waals surface area contributed by atoms with Crippen LogP contribution in [0.1, 0.15) is 11.4 Å². The lowest BCUT2D eigenvalue weighted by molar-refractivity contribution is -0.138. The number of nitrogens with zero attached hydrogens (tertiary/aromatic N) is 4. The van der Waals surface area contributed by atoms with Gasteiger partial charge in [0.15, 0.2) is 12.4 Å². The SMILES string of the molecule is O=C(O)Cn1nnc(Cc2ccccc2F)n1. The van der Waals surface area contributed by atoms with Gasteiger partial charge in [0.1, 0.15) is 5.82 Å². The summed E-state index contributed by atoms with van der Waals surface area (Å²) in [5.41, 5.74) is 0.447. The highest BCUT2D eigenvalue weighted by Crippen LogP contribution is 2.09. The number of carbonyl (C=O) groups is 1. The van der Waals surface area contributed by atoms with Crippen molar-refractivity contribution in [1.29, 1.82) is 0 Å². The molecule has 1 aromatic heterocycles. The maximum Gasteiger partial charge on any atom is 0.327 e. The van der Waals surface area contributed by atoms with E-state index in [1.165, 1.54) is 6.07 Å². The van der Waals surface area contributed by atoms with Gasteiger partial charge in [-0.05, 0) is 16.8 Å². The standard InChI is InChI=1S/C10H9FN4O2/c11-8-4-2-1-3-7(8)5-9-12-14-15(13-9)6-10(16)17/h1-4H,5-6H2,(H,16,17). The van der Waals surface area contributed by atoms with Crippen LogP contribution in [0, 0.1) is 5.82 Å². The quantitative estimate of drug-likeness (QED) is 0.835. The second kappa shape index (κ2) is 4.69. The van der Waals surface area contributed by atoms with Gasteiger partial charge in [-0.15, -0.1) is 10.2 Å². The van der Waals surface area contributed by atoms with E-state index < -0.39 is 5.97 Å². The Morgan fingerprint density at radius 2 is 2.18 bits per heavy atom. The Balaban J connectivity index is 2.12. The lowest BCUT2D eigenvalue weighted by atomic mass is 10.1. The Kier molecular flexibility index (Phi) is 3.08. The Morgan fingerprint density at radius 1 is 1.41 bits per heavy atom. The van der Waals surface area contributed by atoms with Crippen LogP contribution < -0.4 is 0 Å². The van der Waals surface area contributed by atoms with Crippen molar-refractivity contribution in [3.05, 3.63) is 41.5 Å². The largest absolute Gasteiger partial charge is 0.480 e. The van der Waals surface area contributed by atoms with Gasteiger partial charge in [-0.25, -0.2) is 4.39 Å². The summed E-state index contributed by atoms with van der Waals surface area (Å²) < 4.78 is 13.3. The Bertz CT molecular complexity index is 541. The van der Waals surface area contributed by atoms with Crippen LogP contribution >= 0.6 is 0 Å². The third-order valence-corrected chi connectivity index (χ3v) is 2.08. The molecule has 0 fully saturated rings. The highest BCUT2D eigenvalue weighted by molar-refractivity contribution is 5.66. The number of hydrogen-bond acceptors (Lipinski definition) is 4. The predicted octanol–water partition coefficient (Wildman–Crippen LogP) is 0.488. The van der Waals surface area contributed by atoms with Crippen LogP contribution in [0.2, 0.25) is 0 Å². The molecule has 0 aliphatic heterocycles. The number of aliphatic carboxylic acids is 1. The monoisotopic (exact) mass is 236 g/mol. The number of aromatic nitrogens is 4. The van der Waals surface area contributed by atoms with E-state index in [-0.39, 0.29) is 24.6 Å². The van der Waals surface area contributed by atoms with Gasteiger partial charge in [0.25, 0.3) is 0 Å². The molecule has 0 bridgehead atoms. The number of carboxylic acid groups (broad SMARTS) is 1. The Morgan fingerprint density at radius 3 is 2.88 bits per heavy atom. The fourth-order valence-corrected chi connectivity index (χ4v) is 1.35. The molecule has 1 heterocycles. The summed E-state index contributed by atoms with van der Waals surface area (Å²) in [4.78, 5) is 11.4. The first kappa shape index (κ1) is 11.2. The molecular formula is C10H9FN4O2. The minimum atomic E-state index is -1.06. The van der Waals surface area contributed by atoms with E-state index in [0.717, 1.165) is 4.80 Å². The lowest BCUT2D eigenvalue weighted by Crippen LogP contribution is -2.11. The molecule has 0 amide bonds. The van der Waals surface area contributed by atoms with Gasteiger partial charge in [0.05, 0.1) is 0 Å². The number of tetrazole rings is 1. The molecule has 0 aliphatic rings. The molecule has 2 rings (SSSR count). The molecule has 6 nitrogen and oxygen atoms in total. The molecular weight excluding hydrogens is 227 g/mol. The molecule has 1 aromatic carbocycles. The molecule has 0 saturated carbocycles. The summed E-state index contributed by atoms with van der Waals surface area (Å²) >= 11 is 0. The normalized spacial score (nSPS) is 10.4. The summed E-state index contributed by atoms with van der Waals surface area (Å²) in [5, 5.41) is 19.6. The molecule has 7 heteroatoms. The van der Waals surface area contributed by atoms with E-state index in [1.807, 2.05) is 0 Å². The van der Waals surface area contributed by atoms with Crippen LogP contribution in [0.5, 0.6) is 0 Å². The lowest BCUT2D eigenvalue weighted by Gasteiger charge is -1.97. The zero-order valence-electron chi connectivity index (χ0n) is 8.75. The topological polar surface area (TPSA) is 80.9 Å². The van der Waals surface area contributed by atoms with Gasteiger partial charge in [-0.1, -0.05) is 18.2 Å². The maximum absolute atomic E-state index is 13.3. The van der Waals surface area contributed by atoms with E-state index in [4.69, 9.17) is 5.11 Å². The molecule has 2 aromatic rings. The summed E-state index contributed by atoms with van der Waals surface area (Å²) in [6.07, 6.45) is 0.187. The first-order valence-electron chi connectivity index (χ1n) is 4.87. The second-order valence-electron chi connectivity index (χ2n) is 3.40. The van der Waals surface area contributed by atoms with Crippen molar-refractivity contribution in [3.63, 3.8) is 0 Å². The zero-order valence-corrected chi connectivity index (χ0v) is 8.75. The van der Waals surface area contributed by atoms with Crippen LogP contribution in [-0.4, -0.2) is 31.3 Å². The van der Waals surface area contributed by atoms with E-state index in [1.54, 1.807) is 18.2 Å². The van der Waals surface area contributed by atoms with Crippen molar-refractivity contribution in [3.8, 4) is 0 Å². The number of rotatable bonds is 4. The van der Waals surface area contributed by atoms with Crippen molar-refractivity contribution < 1.29 is 14.3 Å². The molecule has 0 saturated heterocycles. The van der Waals surface area contributed by atoms with Crippen molar-refractivity contribution in [2.24, 2.45) is 0 Å². The van der Waals surface area contributed by atoms with Crippen molar-refractivity contribution in [1.82, 2.24) is 20.2 Å². The molecule has 0 unspecified atom stereocenters. The minimum Gasteiger partial charge on any atom is -0.480 e. The van der Waals surface area contributed by atoms with E-state index >= 15 is 0 Å². The molecule has 0 atom stereocenters. The number of benzene rings is 1. The third kappa shape index (κ3) is 2.83. The van der Waals surface area contributed by atoms with Crippen LogP contribution in [0.3, 0.4) is 0 Å². The van der Waals surface area contributed by atoms with Gasteiger partial charge in [-0.2, -0.15) is 4.80 Å². The first-order chi connectivity index (χ1) is 8.15. The Hall–Kier alpha value is -2.31. The van der Waals surface area contributed by atoms with E-state index in [2.05, 4.69) is 15.4 Å². The molecule has 0 radical (unpaired) electrons. The third-order valence-electron chi connectivity index (χ3n) is 2.08. The van der Waals surface area contributed by atoms with E-state index in [9.17, 15) is 9.18 Å². The van der Waals surface area contributed by atoms with Gasteiger partial charge in [0, 0.05) is 6.42 Å². The number of halogens is 1. The van der Waals surface area contributed by atoms with Crippen LogP contribution in [0.25, 0.3) is 0 Å². The van der Waals surface area contributed by atoms with Gasteiger partial charge >= 0.3 is 5.97 Å². The van der Waals surface area contributed by atoms with Crippen molar-refractivity contribution >= 4 is 5.97 Å². The van der Waals surface area contributed by atoms with Crippen LogP contribution in [0.4, 0.5) is 4.39 Å². The maximum atomic E-state index is 13.3. The predicted molar refractivity (Wildman–Crippen MR) is 54.7 cm³/mol. The first-order valence-corrected chi connectivity index (χ1v) is 4.87. The summed E-state index contributed by atoms with van der Waals surface area (Å²) in [7, 11) is 0. The zero-order chi connectivity index (χ0) is 12.3. The van der Waals surface area contributed by atoms with Crippen molar-refractivity contribution in [2.75, 3.05) is 0 Å². The minimum absolute atomic E-state index is 0.187. The van der Waals surface area contributed by atoms with Gasteiger partial charge in [0.2, 0.25) is 0 Å². The molecule has 17 heavy (non-hydrogen) atoms. The number of carboxylic acids is 1. The molecule has 88 valence electrons. The average molecular weight is 236 g/mol. The fraction of sp³-hybridized carbons (Fsp3) is 0.200. The van der Waals surface area contributed by atoms with Crippen LogP contribution in [0.15, 0.2) is 24.3 Å².